The second kappa shape index (κ2) is 9.11. The number of sulfone groups is 1. The molecule has 3 N–H and O–H groups in total. The number of amides is 1. The van der Waals surface area contributed by atoms with Crippen LogP contribution in [0.4, 0.5) is 5.69 Å². The third-order valence-corrected chi connectivity index (χ3v) is 7.48. The van der Waals surface area contributed by atoms with Gasteiger partial charge in [-0.2, -0.15) is 0 Å². The van der Waals surface area contributed by atoms with Crippen molar-refractivity contribution in [3.05, 3.63) is 83.4 Å². The summed E-state index contributed by atoms with van der Waals surface area (Å²) in [4.78, 5) is 37.7. The van der Waals surface area contributed by atoms with E-state index in [1.165, 1.54) is 36.4 Å². The number of aryl methyl sites for hydroxylation is 2. The van der Waals surface area contributed by atoms with Gasteiger partial charge >= 0.3 is 0 Å². The predicted octanol–water partition coefficient (Wildman–Crippen LogP) is 2.68. The molecule has 0 saturated carbocycles. The van der Waals surface area contributed by atoms with E-state index in [1.807, 2.05) is 0 Å². The van der Waals surface area contributed by atoms with Crippen LogP contribution in [0.5, 0.6) is 11.5 Å². The molecule has 1 aliphatic heterocycles. The highest BCUT2D eigenvalue weighted by Gasteiger charge is 2.42. The summed E-state index contributed by atoms with van der Waals surface area (Å²) in [5.74, 6) is -5.52. The highest BCUT2D eigenvalue weighted by Crippen LogP contribution is 2.29. The van der Waals surface area contributed by atoms with E-state index in [0.29, 0.717) is 18.5 Å². The smallest absolute Gasteiger partial charge is 0.292 e. The lowest BCUT2D eigenvalue weighted by molar-refractivity contribution is -0.136. The summed E-state index contributed by atoms with van der Waals surface area (Å²) in [6, 6.07) is 17.0. The van der Waals surface area contributed by atoms with Crippen molar-refractivity contribution >= 4 is 33.0 Å². The lowest BCUT2D eigenvalue weighted by Gasteiger charge is -2.22. The van der Waals surface area contributed by atoms with Crippen LogP contribution in [0.15, 0.2) is 71.6 Å². The van der Waals surface area contributed by atoms with Crippen molar-refractivity contribution in [2.75, 3.05) is 11.1 Å². The molecule has 8 nitrogen and oxygen atoms in total. The van der Waals surface area contributed by atoms with Gasteiger partial charge in [-0.05, 0) is 54.3 Å². The standard InChI is InChI=1S/C25H21NO7S/c27-20-12-9-16(13-21(20)28)6-5-15-7-10-17(11-8-15)26-25(31)24(30)19-14-34(32,33)22-4-2-1-3-18(22)23(19)29/h1-4,7-13,19,27-28H,5-6,14H2,(H,26,31). The molecule has 0 bridgehead atoms. The Morgan fingerprint density at radius 1 is 0.882 bits per heavy atom. The van der Waals surface area contributed by atoms with Crippen LogP contribution < -0.4 is 5.32 Å². The predicted molar refractivity (Wildman–Crippen MR) is 124 cm³/mol. The molecule has 1 aliphatic rings. The SMILES string of the molecule is O=C(Nc1ccc(CCc2ccc(O)c(O)c2)cc1)C(=O)C1CS(=O)(=O)c2ccccc2C1=O. The van der Waals surface area contributed by atoms with Gasteiger partial charge in [0.05, 0.1) is 10.6 Å². The molecule has 1 unspecified atom stereocenters. The van der Waals surface area contributed by atoms with Gasteiger partial charge in [-0.3, -0.25) is 14.4 Å². The maximum Gasteiger partial charge on any atom is 0.292 e. The zero-order valence-corrected chi connectivity index (χ0v) is 18.7. The van der Waals surface area contributed by atoms with Gasteiger partial charge in [-0.15, -0.1) is 0 Å². The number of hydrogen-bond donors (Lipinski definition) is 3. The fraction of sp³-hybridized carbons (Fsp3) is 0.160. The lowest BCUT2D eigenvalue weighted by Crippen LogP contribution is -2.41. The number of rotatable bonds is 6. The normalized spacial score (nSPS) is 16.5. The first-order chi connectivity index (χ1) is 16.2. The molecule has 0 fully saturated rings. The number of Topliss-reactive ketones (excluding diaryl/α,β-unsaturated/α-hetero) is 2. The number of carbonyl (C=O) groups is 3. The highest BCUT2D eigenvalue weighted by atomic mass is 32.2. The largest absolute Gasteiger partial charge is 0.504 e. The van der Waals surface area contributed by atoms with Gasteiger partial charge in [0.2, 0.25) is 5.78 Å². The molecule has 3 aromatic rings. The van der Waals surface area contributed by atoms with Crippen molar-refractivity contribution < 1.29 is 33.0 Å². The monoisotopic (exact) mass is 479 g/mol. The van der Waals surface area contributed by atoms with Crippen molar-refractivity contribution in [2.24, 2.45) is 5.92 Å². The number of phenolic OH excluding ortho intramolecular Hbond substituents is 2. The molecule has 1 heterocycles. The number of nitrogens with one attached hydrogen (secondary N) is 1. The number of carbonyl (C=O) groups excluding carboxylic acids is 3. The van der Waals surface area contributed by atoms with Gasteiger partial charge in [0.1, 0.15) is 5.92 Å². The minimum absolute atomic E-state index is 0.0776. The van der Waals surface area contributed by atoms with Crippen LogP contribution >= 0.6 is 0 Å². The Balaban J connectivity index is 1.40. The molecule has 0 aromatic heterocycles. The van der Waals surface area contributed by atoms with E-state index in [2.05, 4.69) is 5.32 Å². The summed E-state index contributed by atoms with van der Waals surface area (Å²) in [6.07, 6.45) is 1.24. The summed E-state index contributed by atoms with van der Waals surface area (Å²) in [7, 11) is -3.87. The summed E-state index contributed by atoms with van der Waals surface area (Å²) < 4.78 is 25.0. The van der Waals surface area contributed by atoms with Gasteiger partial charge in [0.25, 0.3) is 5.91 Å². The van der Waals surface area contributed by atoms with Gasteiger partial charge in [-0.25, -0.2) is 8.42 Å². The van der Waals surface area contributed by atoms with Crippen molar-refractivity contribution in [3.8, 4) is 11.5 Å². The number of aromatic hydroxyl groups is 2. The molecule has 3 aromatic carbocycles. The zero-order valence-electron chi connectivity index (χ0n) is 17.9. The third kappa shape index (κ3) is 4.69. The van der Waals surface area contributed by atoms with Crippen LogP contribution in [0.3, 0.4) is 0 Å². The Kier molecular flexibility index (Phi) is 6.21. The molecule has 0 aliphatic carbocycles. The number of phenols is 2. The average molecular weight is 480 g/mol. The molecular weight excluding hydrogens is 458 g/mol. The number of anilines is 1. The molecule has 1 atom stereocenters. The number of benzene rings is 3. The van der Waals surface area contributed by atoms with Crippen molar-refractivity contribution in [2.45, 2.75) is 17.7 Å². The number of hydrogen-bond acceptors (Lipinski definition) is 7. The van der Waals surface area contributed by atoms with E-state index in [0.717, 1.165) is 11.1 Å². The highest BCUT2D eigenvalue weighted by molar-refractivity contribution is 7.91. The van der Waals surface area contributed by atoms with Crippen LogP contribution in [0.2, 0.25) is 0 Å². The minimum atomic E-state index is -3.87. The molecule has 0 saturated heterocycles. The maximum absolute atomic E-state index is 12.7. The molecular formula is C25H21NO7S. The van der Waals surface area contributed by atoms with Crippen LogP contribution in [-0.4, -0.2) is 41.9 Å². The molecule has 0 radical (unpaired) electrons. The van der Waals surface area contributed by atoms with Crippen LogP contribution in [-0.2, 0) is 32.3 Å². The molecule has 174 valence electrons. The van der Waals surface area contributed by atoms with Gasteiger partial charge in [0, 0.05) is 11.3 Å². The summed E-state index contributed by atoms with van der Waals surface area (Å²) >= 11 is 0. The van der Waals surface area contributed by atoms with Gasteiger partial charge < -0.3 is 15.5 Å². The Morgan fingerprint density at radius 2 is 1.53 bits per heavy atom. The Hall–Kier alpha value is -3.98. The zero-order chi connectivity index (χ0) is 24.5. The van der Waals surface area contributed by atoms with E-state index < -0.39 is 39.0 Å². The fourth-order valence-corrected chi connectivity index (χ4v) is 5.54. The molecule has 0 spiro atoms. The van der Waals surface area contributed by atoms with Crippen LogP contribution in [0.25, 0.3) is 0 Å². The van der Waals surface area contributed by atoms with Crippen LogP contribution in [0.1, 0.15) is 21.5 Å². The quantitative estimate of drug-likeness (QED) is 0.281. The minimum Gasteiger partial charge on any atom is -0.504 e. The summed E-state index contributed by atoms with van der Waals surface area (Å²) in [5.41, 5.74) is 2.02. The lowest BCUT2D eigenvalue weighted by atomic mass is 9.94. The van der Waals surface area contributed by atoms with Gasteiger partial charge in [0.15, 0.2) is 27.1 Å². The average Bonchev–Trinajstić information content (AvgIpc) is 2.82. The van der Waals surface area contributed by atoms with E-state index in [-0.39, 0.29) is 22.0 Å². The number of fused-ring (bicyclic) bond motifs is 1. The van der Waals surface area contributed by atoms with E-state index in [9.17, 15) is 33.0 Å². The van der Waals surface area contributed by atoms with Gasteiger partial charge in [-0.1, -0.05) is 36.4 Å². The van der Waals surface area contributed by atoms with E-state index in [1.54, 1.807) is 30.3 Å². The summed E-state index contributed by atoms with van der Waals surface area (Å²) in [6.45, 7) is 0. The Morgan fingerprint density at radius 3 is 2.24 bits per heavy atom. The third-order valence-electron chi connectivity index (χ3n) is 5.68. The van der Waals surface area contributed by atoms with Crippen molar-refractivity contribution in [3.63, 3.8) is 0 Å². The molecule has 34 heavy (non-hydrogen) atoms. The topological polar surface area (TPSA) is 138 Å². The molecule has 4 rings (SSSR count). The first-order valence-electron chi connectivity index (χ1n) is 10.5. The second-order valence-corrected chi connectivity index (χ2v) is 10.0. The fourth-order valence-electron chi connectivity index (χ4n) is 3.83. The van der Waals surface area contributed by atoms with Crippen molar-refractivity contribution in [1.29, 1.82) is 0 Å². The molecule has 1 amide bonds. The first-order valence-corrected chi connectivity index (χ1v) is 12.1. The van der Waals surface area contributed by atoms with Crippen LogP contribution in [0, 0.1) is 5.92 Å². The van der Waals surface area contributed by atoms with Crippen molar-refractivity contribution in [1.82, 2.24) is 0 Å². The second-order valence-electron chi connectivity index (χ2n) is 8.03. The number of ketones is 2. The first kappa shape index (κ1) is 23.2. The van der Waals surface area contributed by atoms with E-state index >= 15 is 0 Å². The Bertz CT molecular complexity index is 1400. The van der Waals surface area contributed by atoms with E-state index in [4.69, 9.17) is 0 Å². The maximum atomic E-state index is 12.7. The molecule has 9 heteroatoms. The summed E-state index contributed by atoms with van der Waals surface area (Å²) in [5, 5.41) is 21.4. The Labute approximate surface area is 195 Å².